The molecule has 0 radical (unpaired) electrons. The van der Waals surface area contributed by atoms with Crippen LogP contribution in [0, 0.1) is 11.6 Å². The van der Waals surface area contributed by atoms with Crippen molar-refractivity contribution in [2.24, 2.45) is 0 Å². The molecule has 2 rings (SSSR count). The summed E-state index contributed by atoms with van der Waals surface area (Å²) < 4.78 is 31.5. The second kappa shape index (κ2) is 6.00. The number of carbonyl (C=O) groups is 1. The molecule has 0 aromatic heterocycles. The predicted octanol–water partition coefficient (Wildman–Crippen LogP) is 3.99. The Morgan fingerprint density at radius 3 is 2.50 bits per heavy atom. The Morgan fingerprint density at radius 1 is 1.15 bits per heavy atom. The fraction of sp³-hybridized carbons (Fsp3) is 0.0714. The molecule has 1 N–H and O–H groups in total. The van der Waals surface area contributed by atoms with Crippen LogP contribution in [0.3, 0.4) is 0 Å². The van der Waals surface area contributed by atoms with Crippen LogP contribution in [-0.4, -0.2) is 13.0 Å². The first kappa shape index (κ1) is 14.5. The summed E-state index contributed by atoms with van der Waals surface area (Å²) in [5.74, 6) is -1.82. The molecule has 2 aromatic rings. The molecule has 0 atom stereocenters. The number of amides is 1. The molecule has 0 aliphatic carbocycles. The van der Waals surface area contributed by atoms with Crippen LogP contribution >= 0.6 is 15.9 Å². The number of anilines is 1. The van der Waals surface area contributed by atoms with E-state index >= 15 is 0 Å². The number of methoxy groups -OCH3 is 1. The molecule has 20 heavy (non-hydrogen) atoms. The van der Waals surface area contributed by atoms with Gasteiger partial charge in [0.2, 0.25) is 0 Å². The van der Waals surface area contributed by atoms with Gasteiger partial charge in [-0.2, -0.15) is 0 Å². The molecule has 0 bridgehead atoms. The number of hydrogen-bond donors (Lipinski definition) is 1. The predicted molar refractivity (Wildman–Crippen MR) is 75.0 cm³/mol. The van der Waals surface area contributed by atoms with Gasteiger partial charge in [0, 0.05) is 17.3 Å². The second-order valence-electron chi connectivity index (χ2n) is 3.93. The van der Waals surface area contributed by atoms with Gasteiger partial charge in [0.05, 0.1) is 11.6 Å². The molecule has 2 aromatic carbocycles. The summed E-state index contributed by atoms with van der Waals surface area (Å²) in [5, 5.41) is 2.48. The van der Waals surface area contributed by atoms with Gasteiger partial charge >= 0.3 is 0 Å². The highest BCUT2D eigenvalue weighted by Crippen LogP contribution is 2.26. The minimum atomic E-state index is -1.02. The summed E-state index contributed by atoms with van der Waals surface area (Å²) >= 11 is 3.27. The number of hydrogen-bond acceptors (Lipinski definition) is 2. The maximum atomic E-state index is 13.0. The Hall–Kier alpha value is -1.95. The minimum Gasteiger partial charge on any atom is -0.496 e. The normalized spacial score (nSPS) is 10.2. The van der Waals surface area contributed by atoms with Crippen LogP contribution in [0.15, 0.2) is 40.9 Å². The Kier molecular flexibility index (Phi) is 4.34. The van der Waals surface area contributed by atoms with Gasteiger partial charge in [-0.1, -0.05) is 0 Å². The number of rotatable bonds is 3. The SMILES string of the molecule is COc1ccc(C(=O)Nc2ccc(F)c(F)c2)cc1Br. The maximum Gasteiger partial charge on any atom is 0.255 e. The van der Waals surface area contributed by atoms with E-state index < -0.39 is 17.5 Å². The summed E-state index contributed by atoms with van der Waals surface area (Å²) in [6, 6.07) is 7.94. The molecule has 0 fully saturated rings. The smallest absolute Gasteiger partial charge is 0.255 e. The van der Waals surface area contributed by atoms with Crippen LogP contribution in [0.4, 0.5) is 14.5 Å². The molecule has 3 nitrogen and oxygen atoms in total. The van der Waals surface area contributed by atoms with Crippen LogP contribution in [0.1, 0.15) is 10.4 Å². The average Bonchev–Trinajstić information content (AvgIpc) is 2.42. The Labute approximate surface area is 122 Å². The van der Waals surface area contributed by atoms with E-state index in [1.165, 1.54) is 13.2 Å². The average molecular weight is 342 g/mol. The van der Waals surface area contributed by atoms with Crippen LogP contribution in [0.2, 0.25) is 0 Å². The summed E-state index contributed by atoms with van der Waals surface area (Å²) in [4.78, 5) is 12.0. The monoisotopic (exact) mass is 341 g/mol. The third kappa shape index (κ3) is 3.14. The first-order chi connectivity index (χ1) is 9.51. The zero-order valence-electron chi connectivity index (χ0n) is 10.4. The van der Waals surface area contributed by atoms with Crippen molar-refractivity contribution in [1.29, 1.82) is 0 Å². The number of nitrogens with one attached hydrogen (secondary N) is 1. The third-order valence-electron chi connectivity index (χ3n) is 2.59. The van der Waals surface area contributed by atoms with E-state index in [9.17, 15) is 13.6 Å². The molecule has 0 unspecified atom stereocenters. The van der Waals surface area contributed by atoms with Crippen LogP contribution in [0.25, 0.3) is 0 Å². The van der Waals surface area contributed by atoms with Crippen molar-refractivity contribution in [3.05, 3.63) is 58.1 Å². The fourth-order valence-electron chi connectivity index (χ4n) is 1.58. The fourth-order valence-corrected chi connectivity index (χ4v) is 2.13. The highest BCUT2D eigenvalue weighted by molar-refractivity contribution is 9.10. The molecule has 0 heterocycles. The molecular formula is C14H10BrF2NO2. The Balaban J connectivity index is 2.19. The van der Waals surface area contributed by atoms with Crippen molar-refractivity contribution in [2.75, 3.05) is 12.4 Å². The van der Waals surface area contributed by atoms with E-state index in [0.717, 1.165) is 12.1 Å². The largest absolute Gasteiger partial charge is 0.496 e. The van der Waals surface area contributed by atoms with Crippen LogP contribution in [-0.2, 0) is 0 Å². The quantitative estimate of drug-likeness (QED) is 0.916. The molecule has 104 valence electrons. The van der Waals surface area contributed by atoms with Crippen LogP contribution in [0.5, 0.6) is 5.75 Å². The van der Waals surface area contributed by atoms with Gasteiger partial charge in [0.25, 0.3) is 5.91 Å². The molecule has 0 spiro atoms. The van der Waals surface area contributed by atoms with Crippen molar-refractivity contribution in [1.82, 2.24) is 0 Å². The maximum absolute atomic E-state index is 13.0. The summed E-state index contributed by atoms with van der Waals surface area (Å²) in [7, 11) is 1.52. The minimum absolute atomic E-state index is 0.181. The van der Waals surface area contributed by atoms with E-state index in [0.29, 0.717) is 15.8 Å². The van der Waals surface area contributed by atoms with E-state index in [1.54, 1.807) is 18.2 Å². The van der Waals surface area contributed by atoms with Crippen molar-refractivity contribution in [3.8, 4) is 5.75 Å². The lowest BCUT2D eigenvalue weighted by molar-refractivity contribution is 0.102. The first-order valence-corrected chi connectivity index (χ1v) is 6.40. The van der Waals surface area contributed by atoms with Crippen molar-refractivity contribution in [2.45, 2.75) is 0 Å². The lowest BCUT2D eigenvalue weighted by Crippen LogP contribution is -2.12. The van der Waals surface area contributed by atoms with E-state index in [4.69, 9.17) is 4.74 Å². The molecule has 1 amide bonds. The van der Waals surface area contributed by atoms with Gasteiger partial charge in [-0.25, -0.2) is 8.78 Å². The number of benzene rings is 2. The molecule has 0 aliphatic heterocycles. The van der Waals surface area contributed by atoms with Gasteiger partial charge in [-0.05, 0) is 46.3 Å². The van der Waals surface area contributed by atoms with Gasteiger partial charge in [0.15, 0.2) is 11.6 Å². The van der Waals surface area contributed by atoms with Gasteiger partial charge < -0.3 is 10.1 Å². The molecule has 6 heteroatoms. The van der Waals surface area contributed by atoms with Crippen molar-refractivity contribution in [3.63, 3.8) is 0 Å². The molecule has 0 saturated carbocycles. The van der Waals surface area contributed by atoms with Gasteiger partial charge in [0.1, 0.15) is 5.75 Å². The molecular weight excluding hydrogens is 332 g/mol. The Morgan fingerprint density at radius 2 is 1.90 bits per heavy atom. The van der Waals surface area contributed by atoms with Gasteiger partial charge in [-0.3, -0.25) is 4.79 Å². The highest BCUT2D eigenvalue weighted by atomic mass is 79.9. The standard InChI is InChI=1S/C14H10BrF2NO2/c1-20-13-5-2-8(6-10(13)15)14(19)18-9-3-4-11(16)12(17)7-9/h2-7H,1H3,(H,18,19). The van der Waals surface area contributed by atoms with E-state index in [1.807, 2.05) is 0 Å². The second-order valence-corrected chi connectivity index (χ2v) is 4.79. The van der Waals surface area contributed by atoms with E-state index in [2.05, 4.69) is 21.2 Å². The lowest BCUT2D eigenvalue weighted by atomic mass is 10.2. The zero-order valence-corrected chi connectivity index (χ0v) is 12.0. The van der Waals surface area contributed by atoms with Crippen LogP contribution < -0.4 is 10.1 Å². The summed E-state index contributed by atoms with van der Waals surface area (Å²) in [6.45, 7) is 0. The topological polar surface area (TPSA) is 38.3 Å². The third-order valence-corrected chi connectivity index (χ3v) is 3.21. The Bertz CT molecular complexity index is 662. The first-order valence-electron chi connectivity index (χ1n) is 5.61. The number of halogens is 3. The van der Waals surface area contributed by atoms with E-state index in [-0.39, 0.29) is 5.69 Å². The highest BCUT2D eigenvalue weighted by Gasteiger charge is 2.10. The summed E-state index contributed by atoms with van der Waals surface area (Å²) in [6.07, 6.45) is 0. The number of ether oxygens (including phenoxy) is 1. The lowest BCUT2D eigenvalue weighted by Gasteiger charge is -2.08. The van der Waals surface area contributed by atoms with Crippen molar-refractivity contribution >= 4 is 27.5 Å². The summed E-state index contributed by atoms with van der Waals surface area (Å²) in [5.41, 5.74) is 0.545. The molecule has 0 aliphatic rings. The molecule has 0 saturated heterocycles. The zero-order chi connectivity index (χ0) is 14.7. The number of carbonyl (C=O) groups excluding carboxylic acids is 1. The van der Waals surface area contributed by atoms with Crippen molar-refractivity contribution < 1.29 is 18.3 Å². The van der Waals surface area contributed by atoms with Gasteiger partial charge in [-0.15, -0.1) is 0 Å².